The van der Waals surface area contributed by atoms with Crippen LogP contribution in [0, 0.1) is 0 Å². The van der Waals surface area contributed by atoms with Crippen LogP contribution in [0.3, 0.4) is 0 Å². The van der Waals surface area contributed by atoms with Gasteiger partial charge in [0.25, 0.3) is 0 Å². The van der Waals surface area contributed by atoms with E-state index in [1.165, 1.54) is 28.5 Å². The van der Waals surface area contributed by atoms with Crippen molar-refractivity contribution in [1.82, 2.24) is 14.5 Å². The largest absolute Gasteiger partial charge is 0.472 e. The van der Waals surface area contributed by atoms with Crippen LogP contribution in [0.2, 0.25) is 0 Å². The first-order valence-corrected chi connectivity index (χ1v) is 17.9. The average molecular weight is 644 g/mol. The predicted molar refractivity (Wildman–Crippen MR) is 183 cm³/mol. The van der Waals surface area contributed by atoms with E-state index in [9.17, 15) is 4.79 Å². The highest BCUT2D eigenvalue weighted by molar-refractivity contribution is 7.92. The molecule has 2 aliphatic carbocycles. The maximum absolute atomic E-state index is 15.8. The molecule has 9 heteroatoms. The fourth-order valence-electron chi connectivity index (χ4n) is 7.56. The molecule has 8 rings (SSSR count). The van der Waals surface area contributed by atoms with Crippen molar-refractivity contribution in [2.45, 2.75) is 68.5 Å². The van der Waals surface area contributed by atoms with Gasteiger partial charge in [0.15, 0.2) is 9.92 Å². The highest BCUT2D eigenvalue weighted by atomic mass is 32.2. The number of nitrogens with zero attached hydrogens (tertiary/aromatic N) is 3. The monoisotopic (exact) mass is 643 g/mol. The summed E-state index contributed by atoms with van der Waals surface area (Å²) in [7, 11) is -3.77. The van der Waals surface area contributed by atoms with E-state index in [2.05, 4.69) is 25.6 Å². The molecule has 1 aliphatic heterocycles. The number of carbonyl (C=O) groups is 1. The first-order chi connectivity index (χ1) is 22.9. The Morgan fingerprint density at radius 3 is 1.91 bits per heavy atom. The summed E-state index contributed by atoms with van der Waals surface area (Å²) in [6.07, 6.45) is 7.31. The lowest BCUT2D eigenvalue weighted by Gasteiger charge is -2.37. The third-order valence-electron chi connectivity index (χ3n) is 9.63. The van der Waals surface area contributed by atoms with Gasteiger partial charge in [0.1, 0.15) is 16.5 Å². The Kier molecular flexibility index (Phi) is 7.45. The van der Waals surface area contributed by atoms with Crippen molar-refractivity contribution >= 4 is 21.6 Å². The number of aromatic nitrogens is 2. The van der Waals surface area contributed by atoms with Gasteiger partial charge in [-0.1, -0.05) is 97.1 Å². The molecule has 1 aromatic heterocycles. The van der Waals surface area contributed by atoms with Crippen LogP contribution in [-0.2, 0) is 47.7 Å². The van der Waals surface area contributed by atoms with Crippen molar-refractivity contribution in [1.29, 1.82) is 0 Å². The Labute approximate surface area is 275 Å². The molecule has 238 valence electrons. The third kappa shape index (κ3) is 5.14. The number of rotatable bonds is 7. The van der Waals surface area contributed by atoms with Crippen LogP contribution < -0.4 is 14.8 Å². The molecule has 0 unspecified atom stereocenters. The number of hydrogen-bond acceptors (Lipinski definition) is 4. The zero-order valence-corrected chi connectivity index (χ0v) is 27.1. The predicted octanol–water partition coefficient (Wildman–Crippen LogP) is 7.20. The zero-order chi connectivity index (χ0) is 32.0. The van der Waals surface area contributed by atoms with E-state index in [1.54, 1.807) is 4.68 Å². The molecule has 3 aliphatic rings. The smallest absolute Gasteiger partial charge is 0.354 e. The van der Waals surface area contributed by atoms with Gasteiger partial charge in [-0.25, -0.2) is 18.4 Å². The SMILES string of the molecule is C[C@@H]1Cn2ncc([S@@](=O)(=NC(=O)Nc3c4c(cc5c3CCC5)CCC4)NC(c3ccccc3)(c3ccccc3)c3ccccc3)c2O1. The van der Waals surface area contributed by atoms with Gasteiger partial charge in [-0.15, -0.1) is 4.36 Å². The van der Waals surface area contributed by atoms with Gasteiger partial charge in [0, 0.05) is 5.69 Å². The Morgan fingerprint density at radius 2 is 1.38 bits per heavy atom. The van der Waals surface area contributed by atoms with Crippen molar-refractivity contribution in [3.63, 3.8) is 0 Å². The maximum atomic E-state index is 15.8. The Morgan fingerprint density at radius 1 is 0.851 bits per heavy atom. The number of fused-ring (bicyclic) bond motifs is 3. The summed E-state index contributed by atoms with van der Waals surface area (Å²) < 4.78 is 31.8. The fraction of sp³-hybridized carbons (Fsp3) is 0.263. The Hall–Kier alpha value is -4.73. The number of urea groups is 1. The van der Waals surface area contributed by atoms with Crippen molar-refractivity contribution in [3.8, 4) is 5.88 Å². The second kappa shape index (κ2) is 11.8. The topological polar surface area (TPSA) is 97.6 Å². The van der Waals surface area contributed by atoms with E-state index in [-0.39, 0.29) is 11.0 Å². The standard InChI is InChI=1S/C38H37N5O3S/c1-26-25-43-36(46-26)34(24-39-43)47(45,41-37(44)40-35-32-21-11-13-27(32)23-28-14-12-22-33(28)35)42-38(29-15-5-2-6-16-29,30-17-7-3-8-18-30)31-19-9-4-10-20-31/h2-10,15-20,23-24,26H,11-14,21-22,25H2,1H3,(H2,40,41,42,44,45)/t26-,47-/m1/s1. The summed E-state index contributed by atoms with van der Waals surface area (Å²) in [5.41, 5.74) is 7.19. The molecule has 47 heavy (non-hydrogen) atoms. The molecule has 2 heterocycles. The molecule has 0 saturated carbocycles. The Balaban J connectivity index is 1.34. The number of nitrogens with one attached hydrogen (secondary N) is 2. The Bertz CT molecular complexity index is 1960. The van der Waals surface area contributed by atoms with Gasteiger partial charge >= 0.3 is 6.03 Å². The summed E-state index contributed by atoms with van der Waals surface area (Å²) in [6, 6.07) is 31.3. The average Bonchev–Trinajstić information content (AvgIpc) is 3.90. The molecule has 0 fully saturated rings. The number of aryl methyl sites for hydroxylation is 2. The second-order valence-electron chi connectivity index (χ2n) is 12.7. The molecule has 0 spiro atoms. The molecule has 0 saturated heterocycles. The first-order valence-electron chi connectivity index (χ1n) is 16.4. The van der Waals surface area contributed by atoms with E-state index < -0.39 is 21.5 Å². The van der Waals surface area contributed by atoms with E-state index >= 15 is 4.21 Å². The molecule has 2 N–H and O–H groups in total. The normalized spacial score (nSPS) is 17.7. The van der Waals surface area contributed by atoms with E-state index in [1.807, 2.05) is 97.9 Å². The summed E-state index contributed by atoms with van der Waals surface area (Å²) in [5.74, 6) is 0.358. The van der Waals surface area contributed by atoms with Gasteiger partial charge in [-0.3, -0.25) is 0 Å². The van der Waals surface area contributed by atoms with Crippen LogP contribution in [0.25, 0.3) is 0 Å². The van der Waals surface area contributed by atoms with Crippen LogP contribution in [0.1, 0.15) is 58.7 Å². The van der Waals surface area contributed by atoms with Gasteiger partial charge in [-0.05, 0) is 84.4 Å². The van der Waals surface area contributed by atoms with Gasteiger partial charge < -0.3 is 10.1 Å². The minimum atomic E-state index is -3.77. The molecule has 8 nitrogen and oxygen atoms in total. The molecule has 5 aromatic rings. The number of benzene rings is 4. The van der Waals surface area contributed by atoms with Crippen molar-refractivity contribution < 1.29 is 13.7 Å². The summed E-state index contributed by atoms with van der Waals surface area (Å²) >= 11 is 0. The van der Waals surface area contributed by atoms with E-state index in [0.29, 0.717) is 12.4 Å². The molecule has 2 amide bonds. The summed E-state index contributed by atoms with van der Waals surface area (Å²) in [5, 5.41) is 7.68. The number of ether oxygens (including phenoxy) is 1. The molecular formula is C38H37N5O3S. The van der Waals surface area contributed by atoms with Crippen molar-refractivity contribution in [2.75, 3.05) is 5.32 Å². The minimum absolute atomic E-state index is 0.161. The number of carbonyl (C=O) groups excluding carboxylic acids is 1. The van der Waals surface area contributed by atoms with Crippen LogP contribution in [-0.4, -0.2) is 26.1 Å². The molecule has 0 radical (unpaired) electrons. The molecule has 2 atom stereocenters. The van der Waals surface area contributed by atoms with Gasteiger partial charge in [0.05, 0.1) is 12.7 Å². The quantitative estimate of drug-likeness (QED) is 0.183. The highest BCUT2D eigenvalue weighted by Crippen LogP contribution is 2.42. The van der Waals surface area contributed by atoms with Crippen LogP contribution in [0.5, 0.6) is 5.88 Å². The lowest BCUT2D eigenvalue weighted by atomic mass is 9.78. The minimum Gasteiger partial charge on any atom is -0.472 e. The van der Waals surface area contributed by atoms with E-state index in [0.717, 1.165) is 60.9 Å². The molecule has 0 bridgehead atoms. The van der Waals surface area contributed by atoms with Crippen LogP contribution in [0.15, 0.2) is 113 Å². The van der Waals surface area contributed by atoms with Gasteiger partial charge in [-0.2, -0.15) is 5.10 Å². The molecular weight excluding hydrogens is 607 g/mol. The van der Waals surface area contributed by atoms with Crippen LogP contribution >= 0.6 is 0 Å². The number of hydrogen-bond donors (Lipinski definition) is 2. The van der Waals surface area contributed by atoms with Crippen molar-refractivity contribution in [2.24, 2.45) is 4.36 Å². The van der Waals surface area contributed by atoms with Crippen LogP contribution in [0.4, 0.5) is 10.5 Å². The molecule has 4 aromatic carbocycles. The first kappa shape index (κ1) is 29.7. The maximum Gasteiger partial charge on any atom is 0.354 e. The summed E-state index contributed by atoms with van der Waals surface area (Å²) in [6.45, 7) is 2.46. The summed E-state index contributed by atoms with van der Waals surface area (Å²) in [4.78, 5) is 14.5. The number of amides is 2. The van der Waals surface area contributed by atoms with Gasteiger partial charge in [0.2, 0.25) is 5.88 Å². The fourth-order valence-corrected chi connectivity index (χ4v) is 9.44. The zero-order valence-electron chi connectivity index (χ0n) is 26.3. The lowest BCUT2D eigenvalue weighted by molar-refractivity contribution is 0.248. The second-order valence-corrected chi connectivity index (χ2v) is 14.5. The number of anilines is 1. The third-order valence-corrected chi connectivity index (χ3v) is 11.5. The lowest BCUT2D eigenvalue weighted by Crippen LogP contribution is -2.48. The van der Waals surface area contributed by atoms with E-state index in [4.69, 9.17) is 4.74 Å². The highest BCUT2D eigenvalue weighted by Gasteiger charge is 2.42. The van der Waals surface area contributed by atoms with Crippen molar-refractivity contribution in [3.05, 3.63) is 142 Å².